The average molecular weight is 414 g/mol. The molecule has 4 N–H and O–H groups in total. The first kappa shape index (κ1) is 21.5. The van der Waals surface area contributed by atoms with Gasteiger partial charge in [-0.2, -0.15) is 0 Å². The highest BCUT2D eigenvalue weighted by Crippen LogP contribution is 2.39. The van der Waals surface area contributed by atoms with Crippen molar-refractivity contribution in [1.82, 2.24) is 0 Å². The molecular weight excluding hydrogens is 389 g/mol. The molecule has 142 valence electrons. The second kappa shape index (κ2) is 8.92. The van der Waals surface area contributed by atoms with Crippen molar-refractivity contribution in [2.24, 2.45) is 5.73 Å². The maximum atomic E-state index is 11.2. The lowest BCUT2D eigenvalue weighted by Gasteiger charge is -2.25. The van der Waals surface area contributed by atoms with Gasteiger partial charge in [0.05, 0.1) is 6.16 Å². The average Bonchev–Trinajstić information content (AvgIpc) is 2.52. The summed E-state index contributed by atoms with van der Waals surface area (Å²) in [6.45, 7) is 3.79. The van der Waals surface area contributed by atoms with E-state index in [9.17, 15) is 4.57 Å². The van der Waals surface area contributed by atoms with Crippen LogP contribution in [-0.4, -0.2) is 21.5 Å². The molecule has 4 nitrogen and oxygen atoms in total. The van der Waals surface area contributed by atoms with Crippen molar-refractivity contribution in [3.05, 3.63) is 58.6 Å². The summed E-state index contributed by atoms with van der Waals surface area (Å²) in [4.78, 5) is 20.5. The zero-order valence-electron chi connectivity index (χ0n) is 15.0. The lowest BCUT2D eigenvalue weighted by Crippen LogP contribution is -2.40. The Kier molecular flexibility index (Phi) is 7.37. The fourth-order valence-electron chi connectivity index (χ4n) is 2.73. The lowest BCUT2D eigenvalue weighted by molar-refractivity contribution is 0.350. The summed E-state index contributed by atoms with van der Waals surface area (Å²) in [7, 11) is -4.14. The highest BCUT2D eigenvalue weighted by Gasteiger charge is 2.28. The first-order chi connectivity index (χ1) is 12.1. The van der Waals surface area contributed by atoms with Crippen molar-refractivity contribution in [3.63, 3.8) is 0 Å². The number of hydrogen-bond donors (Lipinski definition) is 3. The third kappa shape index (κ3) is 7.07. The zero-order chi connectivity index (χ0) is 19.4. The van der Waals surface area contributed by atoms with E-state index in [4.69, 9.17) is 27.1 Å². The smallest absolute Gasteiger partial charge is 0.325 e. The molecule has 2 aromatic rings. The van der Waals surface area contributed by atoms with E-state index < -0.39 is 13.1 Å². The predicted molar refractivity (Wildman–Crippen MR) is 109 cm³/mol. The molecule has 7 heteroatoms. The zero-order valence-corrected chi connectivity index (χ0v) is 17.5. The standard InChI is InChI=1S/C19H25ClNO3PS/c1-3-14-5-4-6-16(11-14)26-17-8-7-15(18(20)12-17)9-10-19(2,21)13-25(22,23)24/h4-8,11-12H,3,9-10,13,21H2,1-2H3,(H2,22,23,24)/t19-/m1/s1. The quantitative estimate of drug-likeness (QED) is 0.537. The summed E-state index contributed by atoms with van der Waals surface area (Å²) in [5.74, 6) is 0. The van der Waals surface area contributed by atoms with Crippen molar-refractivity contribution in [2.45, 2.75) is 48.4 Å². The van der Waals surface area contributed by atoms with E-state index in [1.165, 1.54) is 10.5 Å². The third-order valence-electron chi connectivity index (χ3n) is 4.10. The van der Waals surface area contributed by atoms with Crippen LogP contribution in [0.15, 0.2) is 52.3 Å². The number of hydrogen-bond acceptors (Lipinski definition) is 3. The molecule has 0 spiro atoms. The molecule has 26 heavy (non-hydrogen) atoms. The van der Waals surface area contributed by atoms with Crippen LogP contribution in [0.1, 0.15) is 31.4 Å². The molecule has 0 radical (unpaired) electrons. The van der Waals surface area contributed by atoms with Crippen molar-refractivity contribution < 1.29 is 14.4 Å². The van der Waals surface area contributed by atoms with Gasteiger partial charge in [0, 0.05) is 20.4 Å². The Morgan fingerprint density at radius 3 is 2.50 bits per heavy atom. The van der Waals surface area contributed by atoms with Gasteiger partial charge in [-0.15, -0.1) is 0 Å². The summed E-state index contributed by atoms with van der Waals surface area (Å²) >= 11 is 8.07. The van der Waals surface area contributed by atoms with Gasteiger partial charge in [-0.05, 0) is 61.6 Å². The van der Waals surface area contributed by atoms with Crippen molar-refractivity contribution in [2.75, 3.05) is 6.16 Å². The van der Waals surface area contributed by atoms with Crippen LogP contribution in [0.25, 0.3) is 0 Å². The lowest BCUT2D eigenvalue weighted by atomic mass is 9.96. The molecule has 0 aliphatic carbocycles. The number of nitrogens with two attached hydrogens (primary N) is 1. The molecule has 0 heterocycles. The van der Waals surface area contributed by atoms with Crippen LogP contribution in [-0.2, 0) is 17.4 Å². The van der Waals surface area contributed by atoms with Gasteiger partial charge in [-0.3, -0.25) is 4.57 Å². The Labute approximate surface area is 164 Å². The minimum Gasteiger partial charge on any atom is -0.325 e. The van der Waals surface area contributed by atoms with E-state index in [0.29, 0.717) is 17.9 Å². The van der Waals surface area contributed by atoms with Crippen molar-refractivity contribution in [1.29, 1.82) is 0 Å². The van der Waals surface area contributed by atoms with Gasteiger partial charge < -0.3 is 15.5 Å². The normalized spacial score (nSPS) is 14.2. The monoisotopic (exact) mass is 413 g/mol. The molecular formula is C19H25ClNO3PS. The second-order valence-corrected chi connectivity index (χ2v) is 10.0. The number of aryl methyl sites for hydroxylation is 2. The van der Waals surface area contributed by atoms with Crippen LogP contribution in [0.3, 0.4) is 0 Å². The molecule has 0 aliphatic rings. The Morgan fingerprint density at radius 2 is 1.88 bits per heavy atom. The van der Waals surface area contributed by atoms with E-state index in [-0.39, 0.29) is 6.16 Å². The fourth-order valence-corrected chi connectivity index (χ4v) is 5.11. The van der Waals surface area contributed by atoms with Gasteiger partial charge in [-0.1, -0.05) is 48.5 Å². The highest BCUT2D eigenvalue weighted by atomic mass is 35.5. The minimum atomic E-state index is -4.14. The Bertz CT molecular complexity index is 807. The Morgan fingerprint density at radius 1 is 1.19 bits per heavy atom. The number of halogens is 1. The van der Waals surface area contributed by atoms with Crippen LogP contribution in [0, 0.1) is 0 Å². The molecule has 0 amide bonds. The summed E-state index contributed by atoms with van der Waals surface area (Å²) in [5, 5.41) is 0.647. The maximum absolute atomic E-state index is 11.2. The van der Waals surface area contributed by atoms with Crippen LogP contribution >= 0.6 is 31.0 Å². The summed E-state index contributed by atoms with van der Waals surface area (Å²) in [5.41, 5.74) is 7.31. The first-order valence-corrected chi connectivity index (χ1v) is 11.5. The molecule has 2 aromatic carbocycles. The highest BCUT2D eigenvalue weighted by molar-refractivity contribution is 7.99. The van der Waals surface area contributed by atoms with Gasteiger partial charge in [-0.25, -0.2) is 0 Å². The van der Waals surface area contributed by atoms with Gasteiger partial charge in [0.1, 0.15) is 0 Å². The van der Waals surface area contributed by atoms with Gasteiger partial charge in [0.2, 0.25) is 0 Å². The minimum absolute atomic E-state index is 0.334. The maximum Gasteiger partial charge on any atom is 0.327 e. The topological polar surface area (TPSA) is 83.6 Å². The molecule has 0 aromatic heterocycles. The molecule has 2 rings (SSSR count). The van der Waals surface area contributed by atoms with E-state index in [1.807, 2.05) is 18.2 Å². The Balaban J connectivity index is 2.03. The van der Waals surface area contributed by atoms with Crippen molar-refractivity contribution in [3.8, 4) is 0 Å². The first-order valence-electron chi connectivity index (χ1n) is 8.47. The summed E-state index contributed by atoms with van der Waals surface area (Å²) < 4.78 is 11.2. The third-order valence-corrected chi connectivity index (χ3v) is 6.57. The van der Waals surface area contributed by atoms with Gasteiger partial charge >= 0.3 is 7.60 Å². The molecule has 1 atom stereocenters. The molecule has 0 bridgehead atoms. The SMILES string of the molecule is CCc1cccc(Sc2ccc(CC[C@@](C)(N)CP(=O)(O)O)c(Cl)c2)c1. The summed E-state index contributed by atoms with van der Waals surface area (Å²) in [6, 6.07) is 14.3. The number of rotatable bonds is 8. The second-order valence-electron chi connectivity index (χ2n) is 6.83. The molecule has 0 saturated carbocycles. The van der Waals surface area contributed by atoms with Crippen LogP contribution in [0.5, 0.6) is 0 Å². The van der Waals surface area contributed by atoms with Crippen LogP contribution in [0.4, 0.5) is 0 Å². The van der Waals surface area contributed by atoms with Gasteiger partial charge in [0.15, 0.2) is 0 Å². The van der Waals surface area contributed by atoms with E-state index in [2.05, 4.69) is 31.2 Å². The van der Waals surface area contributed by atoms with Crippen molar-refractivity contribution >= 4 is 31.0 Å². The molecule has 0 unspecified atom stereocenters. The van der Waals surface area contributed by atoms with E-state index >= 15 is 0 Å². The van der Waals surface area contributed by atoms with Crippen LogP contribution in [0.2, 0.25) is 5.02 Å². The largest absolute Gasteiger partial charge is 0.327 e. The molecule has 0 fully saturated rings. The number of benzene rings is 2. The van der Waals surface area contributed by atoms with Crippen LogP contribution < -0.4 is 5.73 Å². The Hall–Kier alpha value is -0.810. The summed E-state index contributed by atoms with van der Waals surface area (Å²) in [6.07, 6.45) is 1.69. The fraction of sp³-hybridized carbons (Fsp3) is 0.368. The molecule has 0 saturated heterocycles. The van der Waals surface area contributed by atoms with E-state index in [0.717, 1.165) is 16.9 Å². The van der Waals surface area contributed by atoms with E-state index in [1.54, 1.807) is 18.7 Å². The van der Waals surface area contributed by atoms with Gasteiger partial charge in [0.25, 0.3) is 0 Å². The predicted octanol–water partition coefficient (Wildman–Crippen LogP) is 4.88. The molecule has 0 aliphatic heterocycles.